The molecule has 0 aliphatic carbocycles. The van der Waals surface area contributed by atoms with Gasteiger partial charge in [0.2, 0.25) is 0 Å². The lowest BCUT2D eigenvalue weighted by Crippen LogP contribution is -2.29. The lowest BCUT2D eigenvalue weighted by Gasteiger charge is -2.18. The minimum atomic E-state index is -4.74. The zero-order chi connectivity index (χ0) is 36.4. The first-order chi connectivity index (χ1) is 23.5. The first-order valence-electron chi connectivity index (χ1n) is 20.6. The molecule has 0 fully saturated rings. The van der Waals surface area contributed by atoms with Crippen LogP contribution in [0.3, 0.4) is 0 Å². The van der Waals surface area contributed by atoms with Crippen molar-refractivity contribution in [1.82, 2.24) is 0 Å². The van der Waals surface area contributed by atoms with E-state index in [1.165, 1.54) is 135 Å². The van der Waals surface area contributed by atoms with Crippen molar-refractivity contribution in [3.8, 4) is 0 Å². The summed E-state index contributed by atoms with van der Waals surface area (Å²) in [5.41, 5.74) is 0. The SMILES string of the molecule is CCC(C)CCCCCCCCCCCCCCCCCCCCC(=O)O[C@H](COC(=O)CCCCCCCCC(C)C)COP(=O)(O)O. The number of hydrogen-bond donors (Lipinski definition) is 2. The number of phosphoric acid groups is 1. The second-order valence-corrected chi connectivity index (χ2v) is 16.3. The summed E-state index contributed by atoms with van der Waals surface area (Å²) in [7, 11) is -4.74. The standard InChI is InChI=1S/C40H79O8P/c1-5-37(4)31-27-23-18-16-14-12-10-8-6-7-9-11-13-15-17-19-25-29-33-40(42)48-38(35-47-49(43,44)45)34-46-39(41)32-28-24-21-20-22-26-30-36(2)3/h36-38H,5-35H2,1-4H3,(H2,43,44,45)/t37?,38-/m1/s1. The maximum absolute atomic E-state index is 12.4. The fraction of sp³-hybridized carbons (Fsp3) is 0.950. The van der Waals surface area contributed by atoms with Crippen LogP contribution < -0.4 is 0 Å². The third kappa shape index (κ3) is 38.1. The van der Waals surface area contributed by atoms with Crippen molar-refractivity contribution in [3.63, 3.8) is 0 Å². The van der Waals surface area contributed by atoms with Crippen LogP contribution in [0.4, 0.5) is 0 Å². The molecule has 0 aromatic carbocycles. The van der Waals surface area contributed by atoms with Gasteiger partial charge in [-0.3, -0.25) is 14.1 Å². The van der Waals surface area contributed by atoms with Gasteiger partial charge in [-0.1, -0.05) is 188 Å². The van der Waals surface area contributed by atoms with Gasteiger partial charge < -0.3 is 19.3 Å². The number of unbranched alkanes of at least 4 members (excludes halogenated alkanes) is 22. The van der Waals surface area contributed by atoms with Crippen molar-refractivity contribution in [2.75, 3.05) is 13.2 Å². The highest BCUT2D eigenvalue weighted by Crippen LogP contribution is 2.36. The van der Waals surface area contributed by atoms with Gasteiger partial charge in [0.05, 0.1) is 6.61 Å². The average molecular weight is 719 g/mol. The Bertz CT molecular complexity index is 799. The molecule has 8 nitrogen and oxygen atoms in total. The van der Waals surface area contributed by atoms with Crippen LogP contribution >= 0.6 is 7.82 Å². The third-order valence-corrected chi connectivity index (χ3v) is 10.1. The van der Waals surface area contributed by atoms with E-state index in [0.29, 0.717) is 6.42 Å². The Kier molecular flexibility index (Phi) is 33.5. The van der Waals surface area contributed by atoms with E-state index in [0.717, 1.165) is 43.9 Å². The predicted octanol–water partition coefficient (Wildman–Crippen LogP) is 12.2. The maximum atomic E-state index is 12.4. The molecule has 0 aromatic heterocycles. The number of hydrogen-bond acceptors (Lipinski definition) is 6. The Balaban J connectivity index is 3.79. The largest absolute Gasteiger partial charge is 0.469 e. The van der Waals surface area contributed by atoms with Crippen LogP contribution in [0.1, 0.15) is 214 Å². The van der Waals surface area contributed by atoms with Gasteiger partial charge in [-0.15, -0.1) is 0 Å². The summed E-state index contributed by atoms with van der Waals surface area (Å²) in [5, 5.41) is 0. The van der Waals surface area contributed by atoms with Crippen LogP contribution in [0.15, 0.2) is 0 Å². The molecule has 0 bridgehead atoms. The first kappa shape index (κ1) is 48.0. The summed E-state index contributed by atoms with van der Waals surface area (Å²) in [4.78, 5) is 42.7. The molecule has 292 valence electrons. The summed E-state index contributed by atoms with van der Waals surface area (Å²) in [6.07, 6.45) is 32.8. The van der Waals surface area contributed by atoms with Crippen molar-refractivity contribution >= 4 is 19.8 Å². The number of phosphoric ester groups is 1. The fourth-order valence-electron chi connectivity index (χ4n) is 6.12. The van der Waals surface area contributed by atoms with Gasteiger partial charge in [0, 0.05) is 12.8 Å². The van der Waals surface area contributed by atoms with E-state index in [4.69, 9.17) is 19.3 Å². The first-order valence-corrected chi connectivity index (χ1v) is 22.1. The molecular weight excluding hydrogens is 639 g/mol. The highest BCUT2D eigenvalue weighted by molar-refractivity contribution is 7.46. The molecule has 2 atom stereocenters. The number of carbonyl (C=O) groups excluding carboxylic acids is 2. The van der Waals surface area contributed by atoms with Crippen LogP contribution in [0.2, 0.25) is 0 Å². The Hall–Kier alpha value is -0.950. The molecule has 0 saturated carbocycles. The zero-order valence-corrected chi connectivity index (χ0v) is 33.3. The number of esters is 2. The highest BCUT2D eigenvalue weighted by atomic mass is 31.2. The van der Waals surface area contributed by atoms with E-state index in [1.807, 2.05) is 0 Å². The van der Waals surface area contributed by atoms with Gasteiger partial charge in [0.25, 0.3) is 0 Å². The second-order valence-electron chi connectivity index (χ2n) is 15.1. The monoisotopic (exact) mass is 719 g/mol. The summed E-state index contributed by atoms with van der Waals surface area (Å²) in [6, 6.07) is 0. The molecule has 1 unspecified atom stereocenters. The van der Waals surface area contributed by atoms with Crippen molar-refractivity contribution in [3.05, 3.63) is 0 Å². The van der Waals surface area contributed by atoms with Crippen LogP contribution in [0, 0.1) is 11.8 Å². The van der Waals surface area contributed by atoms with Crippen LogP contribution in [-0.2, 0) is 28.2 Å². The highest BCUT2D eigenvalue weighted by Gasteiger charge is 2.23. The second kappa shape index (κ2) is 34.2. The van der Waals surface area contributed by atoms with Crippen molar-refractivity contribution in [2.45, 2.75) is 220 Å². The lowest BCUT2D eigenvalue weighted by molar-refractivity contribution is -0.161. The van der Waals surface area contributed by atoms with Gasteiger partial charge in [0.15, 0.2) is 6.10 Å². The summed E-state index contributed by atoms with van der Waals surface area (Å²) in [6.45, 7) is 8.33. The van der Waals surface area contributed by atoms with E-state index in [9.17, 15) is 14.2 Å². The molecule has 0 amide bonds. The van der Waals surface area contributed by atoms with Gasteiger partial charge in [-0.2, -0.15) is 0 Å². The molecule has 0 aromatic rings. The van der Waals surface area contributed by atoms with E-state index >= 15 is 0 Å². The predicted molar refractivity (Wildman–Crippen MR) is 202 cm³/mol. The molecule has 0 aliphatic rings. The molecule has 0 aliphatic heterocycles. The quantitative estimate of drug-likeness (QED) is 0.0370. The van der Waals surface area contributed by atoms with Crippen molar-refractivity contribution in [2.24, 2.45) is 11.8 Å². The maximum Gasteiger partial charge on any atom is 0.469 e. The minimum Gasteiger partial charge on any atom is -0.462 e. The molecule has 9 heteroatoms. The average Bonchev–Trinajstić information content (AvgIpc) is 3.05. The van der Waals surface area contributed by atoms with Gasteiger partial charge in [0.1, 0.15) is 6.61 Å². The Labute approximate surface area is 302 Å². The third-order valence-electron chi connectivity index (χ3n) is 9.59. The molecular formula is C40H79O8P. The Morgan fingerprint density at radius 2 is 0.898 bits per heavy atom. The van der Waals surface area contributed by atoms with E-state index < -0.39 is 32.5 Å². The van der Waals surface area contributed by atoms with Crippen molar-refractivity contribution in [1.29, 1.82) is 0 Å². The molecule has 0 radical (unpaired) electrons. The summed E-state index contributed by atoms with van der Waals surface area (Å²) >= 11 is 0. The minimum absolute atomic E-state index is 0.218. The lowest BCUT2D eigenvalue weighted by atomic mass is 9.99. The Morgan fingerprint density at radius 3 is 1.29 bits per heavy atom. The van der Waals surface area contributed by atoms with Crippen LogP contribution in [0.5, 0.6) is 0 Å². The van der Waals surface area contributed by atoms with E-state index in [-0.39, 0.29) is 19.4 Å². The smallest absolute Gasteiger partial charge is 0.462 e. The Morgan fingerprint density at radius 1 is 0.531 bits per heavy atom. The molecule has 2 N–H and O–H groups in total. The van der Waals surface area contributed by atoms with Gasteiger partial charge >= 0.3 is 19.8 Å². The van der Waals surface area contributed by atoms with Crippen LogP contribution in [-0.4, -0.2) is 41.0 Å². The fourth-order valence-corrected chi connectivity index (χ4v) is 6.48. The molecule has 0 heterocycles. The summed E-state index contributed by atoms with van der Waals surface area (Å²) < 4.78 is 26.3. The number of carbonyl (C=O) groups is 2. The number of rotatable bonds is 37. The molecule has 0 spiro atoms. The zero-order valence-electron chi connectivity index (χ0n) is 32.4. The molecule has 0 rings (SSSR count). The topological polar surface area (TPSA) is 119 Å². The van der Waals surface area contributed by atoms with Crippen LogP contribution in [0.25, 0.3) is 0 Å². The van der Waals surface area contributed by atoms with Gasteiger partial charge in [-0.25, -0.2) is 4.57 Å². The number of ether oxygens (including phenoxy) is 2. The van der Waals surface area contributed by atoms with E-state index in [2.05, 4.69) is 32.2 Å². The van der Waals surface area contributed by atoms with Gasteiger partial charge in [-0.05, 0) is 24.7 Å². The van der Waals surface area contributed by atoms with Crippen molar-refractivity contribution < 1.29 is 37.9 Å². The molecule has 49 heavy (non-hydrogen) atoms. The van der Waals surface area contributed by atoms with E-state index in [1.54, 1.807) is 0 Å². The summed E-state index contributed by atoms with van der Waals surface area (Å²) in [5.74, 6) is 0.761. The molecule has 0 saturated heterocycles. The normalized spacial score (nSPS) is 13.1.